The van der Waals surface area contributed by atoms with Gasteiger partial charge in [0, 0.05) is 23.5 Å². The van der Waals surface area contributed by atoms with Gasteiger partial charge < -0.3 is 15.2 Å². The molecule has 1 heterocycles. The molecule has 1 aliphatic heterocycles. The van der Waals surface area contributed by atoms with Gasteiger partial charge in [0.25, 0.3) is 0 Å². The topological polar surface area (TPSA) is 88.0 Å². The molecule has 2 N–H and O–H groups in total. The van der Waals surface area contributed by atoms with Crippen molar-refractivity contribution < 1.29 is 19.4 Å². The van der Waals surface area contributed by atoms with Crippen molar-refractivity contribution in [3.8, 4) is 5.75 Å². The summed E-state index contributed by atoms with van der Waals surface area (Å²) >= 11 is 1.70. The number of carboxylic acid groups (broad SMARTS) is 1. The number of amidine groups is 1. The number of benzene rings is 2. The summed E-state index contributed by atoms with van der Waals surface area (Å²) in [6.45, 7) is 0.466. The number of carbonyl (C=O) groups excluding carboxylic acids is 1. The number of rotatable bonds is 7. The molecule has 0 amide bonds. The van der Waals surface area contributed by atoms with E-state index < -0.39 is 5.97 Å². The van der Waals surface area contributed by atoms with E-state index in [-0.39, 0.29) is 12.4 Å². The Morgan fingerprint density at radius 1 is 1.14 bits per heavy atom. The number of allylic oxidation sites excluding steroid dienone is 1. The summed E-state index contributed by atoms with van der Waals surface area (Å²) < 4.78 is 5.08. The van der Waals surface area contributed by atoms with E-state index in [4.69, 9.17) is 9.84 Å². The minimum absolute atomic E-state index is 0.0952. The van der Waals surface area contributed by atoms with Crippen LogP contribution in [-0.4, -0.2) is 40.9 Å². The average Bonchev–Trinajstić information content (AvgIpc) is 2.72. The maximum Gasteiger partial charge on any atom is 0.341 e. The summed E-state index contributed by atoms with van der Waals surface area (Å²) in [5.41, 5.74) is 2.33. The number of anilines is 1. The maximum atomic E-state index is 12.3. The molecule has 0 unspecified atom stereocenters. The van der Waals surface area contributed by atoms with Gasteiger partial charge in [-0.3, -0.25) is 9.79 Å². The molecular formula is C21H20N2O4S. The highest BCUT2D eigenvalue weighted by atomic mass is 32.2. The summed E-state index contributed by atoms with van der Waals surface area (Å²) in [7, 11) is 0. The quantitative estimate of drug-likeness (QED) is 0.544. The third-order valence-electron chi connectivity index (χ3n) is 3.89. The van der Waals surface area contributed by atoms with Crippen LogP contribution in [0.25, 0.3) is 6.08 Å². The van der Waals surface area contributed by atoms with Crippen LogP contribution in [0.2, 0.25) is 0 Å². The standard InChI is InChI=1S/C21H20N2O4S/c24-19(11-4-15-2-9-18(10-3-15)27-14-20(25)26)16-5-7-17(8-6-16)23-21-22-12-1-13-28-21/h2-11H,1,12-14H2,(H,22,23)(H,25,26)/b11-4+. The van der Waals surface area contributed by atoms with E-state index in [1.54, 1.807) is 54.2 Å². The Morgan fingerprint density at radius 3 is 2.54 bits per heavy atom. The Hall–Kier alpha value is -3.06. The van der Waals surface area contributed by atoms with Crippen LogP contribution < -0.4 is 10.1 Å². The number of nitrogens with one attached hydrogen (secondary N) is 1. The minimum atomic E-state index is -1.03. The predicted octanol–water partition coefficient (Wildman–Crippen LogP) is 3.95. The number of aliphatic carboxylic acids is 1. The summed E-state index contributed by atoms with van der Waals surface area (Å²) in [6.07, 6.45) is 4.33. The van der Waals surface area contributed by atoms with E-state index in [0.29, 0.717) is 11.3 Å². The second-order valence-corrected chi connectivity index (χ2v) is 7.12. The molecule has 0 atom stereocenters. The highest BCUT2D eigenvalue weighted by molar-refractivity contribution is 8.14. The molecule has 2 aromatic carbocycles. The van der Waals surface area contributed by atoms with Gasteiger partial charge in [0.1, 0.15) is 5.75 Å². The van der Waals surface area contributed by atoms with Crippen molar-refractivity contribution in [2.75, 3.05) is 24.2 Å². The number of nitrogens with zero attached hydrogens (tertiary/aromatic N) is 1. The van der Waals surface area contributed by atoms with Crippen LogP contribution in [-0.2, 0) is 4.79 Å². The molecule has 144 valence electrons. The lowest BCUT2D eigenvalue weighted by Gasteiger charge is -2.13. The Kier molecular flexibility index (Phi) is 6.86. The molecule has 0 saturated carbocycles. The van der Waals surface area contributed by atoms with Crippen LogP contribution in [0.1, 0.15) is 22.3 Å². The molecule has 0 spiro atoms. The monoisotopic (exact) mass is 396 g/mol. The zero-order valence-corrected chi connectivity index (χ0v) is 15.9. The number of hydrogen-bond donors (Lipinski definition) is 2. The molecule has 2 aromatic rings. The SMILES string of the molecule is O=C(O)COc1ccc(/C=C/C(=O)c2ccc(NC3=NCCCS3)cc2)cc1. The van der Waals surface area contributed by atoms with Crippen LogP contribution in [0, 0.1) is 0 Å². The lowest BCUT2D eigenvalue weighted by molar-refractivity contribution is -0.139. The molecule has 0 bridgehead atoms. The van der Waals surface area contributed by atoms with Gasteiger partial charge >= 0.3 is 5.97 Å². The van der Waals surface area contributed by atoms with E-state index in [1.165, 1.54) is 6.08 Å². The van der Waals surface area contributed by atoms with Gasteiger partial charge in [-0.2, -0.15) is 0 Å². The molecule has 0 aliphatic carbocycles. The lowest BCUT2D eigenvalue weighted by Crippen LogP contribution is -2.13. The van der Waals surface area contributed by atoms with Gasteiger partial charge in [-0.25, -0.2) is 4.79 Å². The number of ketones is 1. The minimum Gasteiger partial charge on any atom is -0.482 e. The number of ether oxygens (including phenoxy) is 1. The van der Waals surface area contributed by atoms with E-state index in [1.807, 2.05) is 12.1 Å². The van der Waals surface area contributed by atoms with Crippen molar-refractivity contribution >= 4 is 40.4 Å². The predicted molar refractivity (Wildman–Crippen MR) is 112 cm³/mol. The molecule has 1 aliphatic rings. The van der Waals surface area contributed by atoms with Crippen molar-refractivity contribution in [2.24, 2.45) is 4.99 Å². The highest BCUT2D eigenvalue weighted by Gasteiger charge is 2.07. The van der Waals surface area contributed by atoms with Gasteiger partial charge in [0.05, 0.1) is 0 Å². The van der Waals surface area contributed by atoms with Gasteiger partial charge in [0.2, 0.25) is 0 Å². The first kappa shape index (κ1) is 19.7. The smallest absolute Gasteiger partial charge is 0.341 e. The third kappa shape index (κ3) is 5.99. The summed E-state index contributed by atoms with van der Waals surface area (Å²) in [5, 5.41) is 12.8. The van der Waals surface area contributed by atoms with Crippen molar-refractivity contribution in [2.45, 2.75) is 6.42 Å². The molecule has 0 aromatic heterocycles. The fourth-order valence-corrected chi connectivity index (χ4v) is 3.30. The molecule has 3 rings (SSSR count). The van der Waals surface area contributed by atoms with E-state index in [9.17, 15) is 9.59 Å². The summed E-state index contributed by atoms with van der Waals surface area (Å²) in [5.74, 6) is 0.415. The van der Waals surface area contributed by atoms with E-state index in [0.717, 1.165) is 35.1 Å². The molecule has 28 heavy (non-hydrogen) atoms. The van der Waals surface area contributed by atoms with Gasteiger partial charge in [-0.1, -0.05) is 30.0 Å². The fourth-order valence-electron chi connectivity index (χ4n) is 2.46. The zero-order chi connectivity index (χ0) is 19.8. The van der Waals surface area contributed by atoms with Gasteiger partial charge in [0.15, 0.2) is 17.6 Å². The van der Waals surface area contributed by atoms with E-state index in [2.05, 4.69) is 10.3 Å². The van der Waals surface area contributed by atoms with Crippen LogP contribution in [0.3, 0.4) is 0 Å². The summed E-state index contributed by atoms with van der Waals surface area (Å²) in [6, 6.07) is 14.2. The first-order valence-electron chi connectivity index (χ1n) is 8.81. The highest BCUT2D eigenvalue weighted by Crippen LogP contribution is 2.18. The second-order valence-electron chi connectivity index (χ2n) is 6.04. The van der Waals surface area contributed by atoms with Crippen molar-refractivity contribution in [3.63, 3.8) is 0 Å². The Morgan fingerprint density at radius 2 is 1.89 bits per heavy atom. The molecule has 0 radical (unpaired) electrons. The maximum absolute atomic E-state index is 12.3. The fraction of sp³-hybridized carbons (Fsp3) is 0.190. The van der Waals surface area contributed by atoms with Crippen molar-refractivity contribution in [1.82, 2.24) is 0 Å². The average molecular weight is 396 g/mol. The molecular weight excluding hydrogens is 376 g/mol. The second kappa shape index (κ2) is 9.75. The largest absolute Gasteiger partial charge is 0.482 e. The van der Waals surface area contributed by atoms with Crippen LogP contribution >= 0.6 is 11.8 Å². The van der Waals surface area contributed by atoms with Gasteiger partial charge in [-0.05, 0) is 54.5 Å². The molecule has 0 fully saturated rings. The van der Waals surface area contributed by atoms with Gasteiger partial charge in [-0.15, -0.1) is 0 Å². The van der Waals surface area contributed by atoms with E-state index >= 15 is 0 Å². The van der Waals surface area contributed by atoms with Crippen molar-refractivity contribution in [3.05, 3.63) is 65.7 Å². The lowest BCUT2D eigenvalue weighted by atomic mass is 10.1. The number of carboxylic acids is 1. The number of aliphatic imine (C=N–C) groups is 1. The van der Waals surface area contributed by atoms with Crippen LogP contribution in [0.15, 0.2) is 59.6 Å². The van der Waals surface area contributed by atoms with Crippen LogP contribution in [0.4, 0.5) is 5.69 Å². The summed E-state index contributed by atoms with van der Waals surface area (Å²) in [4.78, 5) is 27.3. The molecule has 6 nitrogen and oxygen atoms in total. The van der Waals surface area contributed by atoms with Crippen molar-refractivity contribution in [1.29, 1.82) is 0 Å². The third-order valence-corrected chi connectivity index (χ3v) is 4.88. The van der Waals surface area contributed by atoms with Crippen LogP contribution in [0.5, 0.6) is 5.75 Å². The zero-order valence-electron chi connectivity index (χ0n) is 15.1. The molecule has 7 heteroatoms. The number of hydrogen-bond acceptors (Lipinski definition) is 6. The molecule has 0 saturated heterocycles. The Balaban J connectivity index is 1.56. The Labute approximate surface area is 167 Å². The first-order chi connectivity index (χ1) is 13.6. The number of carbonyl (C=O) groups is 2. The Bertz CT molecular complexity index is 890. The first-order valence-corrected chi connectivity index (χ1v) is 9.80. The number of thioether (sulfide) groups is 1. The normalized spacial score (nSPS) is 13.8.